The molecule has 1 aliphatic carbocycles. The first-order valence-corrected chi connectivity index (χ1v) is 6.75. The van der Waals surface area contributed by atoms with E-state index in [2.05, 4.69) is 24.1 Å². The van der Waals surface area contributed by atoms with E-state index in [4.69, 9.17) is 10.5 Å². The van der Waals surface area contributed by atoms with E-state index in [0.29, 0.717) is 6.04 Å². The summed E-state index contributed by atoms with van der Waals surface area (Å²) in [6.07, 6.45) is 3.64. The zero-order valence-electron chi connectivity index (χ0n) is 11.4. The topological polar surface area (TPSA) is 38.5 Å². The summed E-state index contributed by atoms with van der Waals surface area (Å²) >= 11 is 0. The summed E-state index contributed by atoms with van der Waals surface area (Å²) in [7, 11) is 3.91. The third-order valence-electron chi connectivity index (χ3n) is 3.78. The van der Waals surface area contributed by atoms with Gasteiger partial charge in [0.25, 0.3) is 0 Å². The molecule has 1 fully saturated rings. The number of nitrogens with two attached hydrogens (primary N) is 1. The van der Waals surface area contributed by atoms with Crippen molar-refractivity contribution in [2.75, 3.05) is 20.7 Å². The molecule has 0 aliphatic heterocycles. The lowest BCUT2D eigenvalue weighted by molar-refractivity contribution is 0.266. The van der Waals surface area contributed by atoms with Crippen molar-refractivity contribution in [1.29, 1.82) is 0 Å². The van der Waals surface area contributed by atoms with Gasteiger partial charge >= 0.3 is 0 Å². The van der Waals surface area contributed by atoms with Gasteiger partial charge in [0, 0.05) is 24.7 Å². The fourth-order valence-corrected chi connectivity index (χ4v) is 2.91. The lowest BCUT2D eigenvalue weighted by atomic mass is 10.1. The molecular weight excluding hydrogens is 224 g/mol. The molecule has 18 heavy (non-hydrogen) atoms. The van der Waals surface area contributed by atoms with Crippen LogP contribution >= 0.6 is 0 Å². The summed E-state index contributed by atoms with van der Waals surface area (Å²) in [5, 5.41) is 0. The van der Waals surface area contributed by atoms with Gasteiger partial charge in [0.15, 0.2) is 0 Å². The van der Waals surface area contributed by atoms with Gasteiger partial charge in [-0.1, -0.05) is 18.2 Å². The summed E-state index contributed by atoms with van der Waals surface area (Å²) in [4.78, 5) is 2.38. The van der Waals surface area contributed by atoms with Crippen molar-refractivity contribution in [2.45, 2.75) is 31.8 Å². The predicted octanol–water partition coefficient (Wildman–Crippen LogP) is 2.25. The second kappa shape index (κ2) is 6.21. The number of nitrogens with zero attached hydrogens (tertiary/aromatic N) is 1. The molecule has 0 spiro atoms. The first-order valence-electron chi connectivity index (χ1n) is 6.75. The number of hydrogen-bond acceptors (Lipinski definition) is 3. The summed E-state index contributed by atoms with van der Waals surface area (Å²) in [5.41, 5.74) is 7.21. The van der Waals surface area contributed by atoms with E-state index in [1.165, 1.54) is 24.8 Å². The molecular formula is C15H24N2O. The Kier molecular flexibility index (Phi) is 4.61. The number of rotatable bonds is 5. The minimum Gasteiger partial charge on any atom is -0.496 e. The Labute approximate surface area is 110 Å². The van der Waals surface area contributed by atoms with Crippen molar-refractivity contribution >= 4 is 0 Å². The second-order valence-electron chi connectivity index (χ2n) is 5.45. The molecule has 1 saturated carbocycles. The second-order valence-corrected chi connectivity index (χ2v) is 5.45. The zero-order valence-corrected chi connectivity index (χ0v) is 11.4. The normalized spacial score (nSPS) is 23.6. The fraction of sp³-hybridized carbons (Fsp3) is 0.600. The van der Waals surface area contributed by atoms with Crippen molar-refractivity contribution in [3.05, 3.63) is 29.8 Å². The molecule has 0 bridgehead atoms. The Morgan fingerprint density at radius 1 is 1.33 bits per heavy atom. The standard InChI is InChI=1S/C15H24N2O/c1-17(10-12-7-8-14(16)9-12)11-13-5-3-4-6-15(13)18-2/h3-6,12,14H,7-11,16H2,1-2H3. The van der Waals surface area contributed by atoms with Crippen LogP contribution in [0.1, 0.15) is 24.8 Å². The highest BCUT2D eigenvalue weighted by atomic mass is 16.5. The maximum Gasteiger partial charge on any atom is 0.123 e. The van der Waals surface area contributed by atoms with Crippen LogP contribution in [0.25, 0.3) is 0 Å². The molecule has 1 aliphatic rings. The predicted molar refractivity (Wildman–Crippen MR) is 74.6 cm³/mol. The summed E-state index contributed by atoms with van der Waals surface area (Å²) in [6.45, 7) is 2.07. The van der Waals surface area contributed by atoms with E-state index < -0.39 is 0 Å². The highest BCUT2D eigenvalue weighted by Gasteiger charge is 2.22. The van der Waals surface area contributed by atoms with Crippen LogP contribution in [-0.4, -0.2) is 31.6 Å². The third kappa shape index (κ3) is 3.47. The van der Waals surface area contributed by atoms with Crippen molar-refractivity contribution in [1.82, 2.24) is 4.90 Å². The fourth-order valence-electron chi connectivity index (χ4n) is 2.91. The van der Waals surface area contributed by atoms with Gasteiger partial charge in [0.2, 0.25) is 0 Å². The maximum absolute atomic E-state index is 5.96. The minimum atomic E-state index is 0.426. The van der Waals surface area contributed by atoms with Crippen molar-refractivity contribution < 1.29 is 4.74 Å². The van der Waals surface area contributed by atoms with Crippen LogP contribution in [0.4, 0.5) is 0 Å². The van der Waals surface area contributed by atoms with Gasteiger partial charge in [-0.2, -0.15) is 0 Å². The molecule has 2 atom stereocenters. The molecule has 3 nitrogen and oxygen atoms in total. The molecule has 0 aromatic heterocycles. The average molecular weight is 248 g/mol. The van der Waals surface area contributed by atoms with Crippen molar-refractivity contribution in [2.24, 2.45) is 11.7 Å². The summed E-state index contributed by atoms with van der Waals surface area (Å²) in [6, 6.07) is 8.66. The first kappa shape index (κ1) is 13.4. The quantitative estimate of drug-likeness (QED) is 0.868. The lowest BCUT2D eigenvalue weighted by Crippen LogP contribution is -2.25. The van der Waals surface area contributed by atoms with Gasteiger partial charge in [-0.3, -0.25) is 0 Å². The minimum absolute atomic E-state index is 0.426. The van der Waals surface area contributed by atoms with Crippen LogP contribution in [0, 0.1) is 5.92 Å². The Balaban J connectivity index is 1.88. The van der Waals surface area contributed by atoms with E-state index in [1.807, 2.05) is 12.1 Å². The van der Waals surface area contributed by atoms with Crippen LogP contribution in [0.5, 0.6) is 5.75 Å². The van der Waals surface area contributed by atoms with Gasteiger partial charge in [-0.05, 0) is 38.3 Å². The molecule has 1 aromatic carbocycles. The highest BCUT2D eigenvalue weighted by molar-refractivity contribution is 5.32. The molecule has 0 radical (unpaired) electrons. The number of benzene rings is 1. The van der Waals surface area contributed by atoms with Gasteiger partial charge in [-0.15, -0.1) is 0 Å². The SMILES string of the molecule is COc1ccccc1CN(C)CC1CCC(N)C1. The average Bonchev–Trinajstić information content (AvgIpc) is 2.75. The van der Waals surface area contributed by atoms with Crippen LogP contribution in [-0.2, 0) is 6.54 Å². The van der Waals surface area contributed by atoms with E-state index in [9.17, 15) is 0 Å². The number of hydrogen-bond donors (Lipinski definition) is 1. The molecule has 100 valence electrons. The number of ether oxygens (including phenoxy) is 1. The van der Waals surface area contributed by atoms with Crippen LogP contribution in [0.15, 0.2) is 24.3 Å². The van der Waals surface area contributed by atoms with Gasteiger partial charge in [-0.25, -0.2) is 0 Å². The lowest BCUT2D eigenvalue weighted by Gasteiger charge is -2.21. The Morgan fingerprint density at radius 2 is 2.11 bits per heavy atom. The summed E-state index contributed by atoms with van der Waals surface area (Å²) in [5.74, 6) is 1.74. The highest BCUT2D eigenvalue weighted by Crippen LogP contribution is 2.26. The van der Waals surface area contributed by atoms with Crippen LogP contribution in [0.2, 0.25) is 0 Å². The molecule has 2 N–H and O–H groups in total. The number of para-hydroxylation sites is 1. The molecule has 0 heterocycles. The van der Waals surface area contributed by atoms with Crippen molar-refractivity contribution in [3.8, 4) is 5.75 Å². The van der Waals surface area contributed by atoms with Gasteiger partial charge < -0.3 is 15.4 Å². The first-order chi connectivity index (χ1) is 8.69. The zero-order chi connectivity index (χ0) is 13.0. The molecule has 0 amide bonds. The van der Waals surface area contributed by atoms with Crippen LogP contribution < -0.4 is 10.5 Å². The van der Waals surface area contributed by atoms with E-state index in [0.717, 1.165) is 24.8 Å². The smallest absolute Gasteiger partial charge is 0.123 e. The third-order valence-corrected chi connectivity index (χ3v) is 3.78. The van der Waals surface area contributed by atoms with Crippen LogP contribution in [0.3, 0.4) is 0 Å². The Hall–Kier alpha value is -1.06. The van der Waals surface area contributed by atoms with Gasteiger partial charge in [0.1, 0.15) is 5.75 Å². The number of methoxy groups -OCH3 is 1. The van der Waals surface area contributed by atoms with Crippen molar-refractivity contribution in [3.63, 3.8) is 0 Å². The van der Waals surface area contributed by atoms with E-state index in [-0.39, 0.29) is 0 Å². The largest absolute Gasteiger partial charge is 0.496 e. The maximum atomic E-state index is 5.96. The van der Waals surface area contributed by atoms with Gasteiger partial charge in [0.05, 0.1) is 7.11 Å². The Bertz CT molecular complexity index is 381. The molecule has 2 rings (SSSR count). The molecule has 3 heteroatoms. The van der Waals surface area contributed by atoms with E-state index >= 15 is 0 Å². The molecule has 1 aromatic rings. The molecule has 0 saturated heterocycles. The molecule has 2 unspecified atom stereocenters. The monoisotopic (exact) mass is 248 g/mol. The van der Waals surface area contributed by atoms with E-state index in [1.54, 1.807) is 7.11 Å². The summed E-state index contributed by atoms with van der Waals surface area (Å²) < 4.78 is 5.39. The Morgan fingerprint density at radius 3 is 2.78 bits per heavy atom.